The molecule has 4 aromatic rings. The molecule has 0 aliphatic heterocycles. The van der Waals surface area contributed by atoms with E-state index in [1.165, 1.54) is 23.1 Å². The van der Waals surface area contributed by atoms with Gasteiger partial charge in [-0.3, -0.25) is 4.79 Å². The third kappa shape index (κ3) is 4.16. The number of halogens is 3. The lowest BCUT2D eigenvalue weighted by atomic mass is 10.1. The summed E-state index contributed by atoms with van der Waals surface area (Å²) >= 11 is 0. The highest BCUT2D eigenvalue weighted by Gasteiger charge is 2.34. The van der Waals surface area contributed by atoms with Gasteiger partial charge < -0.3 is 14.1 Å². The van der Waals surface area contributed by atoms with Crippen LogP contribution in [0.2, 0.25) is 0 Å². The monoisotopic (exact) mass is 399 g/mol. The van der Waals surface area contributed by atoms with Crippen LogP contribution in [0.3, 0.4) is 0 Å². The van der Waals surface area contributed by atoms with E-state index in [0.717, 1.165) is 11.6 Å². The third-order valence-corrected chi connectivity index (χ3v) is 4.44. The molecule has 1 amide bonds. The molecule has 0 fully saturated rings. The number of amides is 1. The minimum Gasteiger partial charge on any atom is -0.472 e. The Hall–Kier alpha value is -3.55. The number of carbonyl (C=O) groups is 1. The highest BCUT2D eigenvalue weighted by Crippen LogP contribution is 2.35. The first-order valence-corrected chi connectivity index (χ1v) is 8.82. The zero-order valence-electron chi connectivity index (χ0n) is 15.1. The Morgan fingerprint density at radius 2 is 1.90 bits per heavy atom. The molecular formula is C21H16F3N3O2. The van der Waals surface area contributed by atoms with Crippen LogP contribution in [-0.4, -0.2) is 15.3 Å². The molecule has 0 saturated carbocycles. The fraction of sp³-hybridized carbons (Fsp3) is 0.143. The molecule has 0 saturated heterocycles. The standard InChI is InChI=1S/C21H16F3N3O2/c22-21(23,24)18-9-16(15-6-7-29-13-15)11-27-12-17(26-20(18)27)10-25-19(28)8-14-4-2-1-3-5-14/h1-7,9,11-13H,8,10H2,(H,25,28). The van der Waals surface area contributed by atoms with Crippen molar-refractivity contribution in [3.8, 4) is 11.1 Å². The van der Waals surface area contributed by atoms with Crippen molar-refractivity contribution >= 4 is 11.6 Å². The maximum atomic E-state index is 13.6. The van der Waals surface area contributed by atoms with Gasteiger partial charge in [-0.2, -0.15) is 13.2 Å². The van der Waals surface area contributed by atoms with Crippen LogP contribution in [0.4, 0.5) is 13.2 Å². The SMILES string of the molecule is O=C(Cc1ccccc1)NCc1cn2cc(-c3ccoc3)cc(C(F)(F)F)c2n1. The third-order valence-electron chi connectivity index (χ3n) is 4.44. The first kappa shape index (κ1) is 18.8. The Labute approximate surface area is 163 Å². The number of alkyl halides is 3. The Kier molecular flexibility index (Phi) is 4.84. The van der Waals surface area contributed by atoms with E-state index < -0.39 is 11.7 Å². The van der Waals surface area contributed by atoms with E-state index in [0.29, 0.717) is 16.8 Å². The van der Waals surface area contributed by atoms with E-state index in [-0.39, 0.29) is 24.5 Å². The molecule has 0 radical (unpaired) electrons. The quantitative estimate of drug-likeness (QED) is 0.539. The van der Waals surface area contributed by atoms with Crippen LogP contribution in [0, 0.1) is 0 Å². The average Bonchev–Trinajstić information content (AvgIpc) is 3.35. The summed E-state index contributed by atoms with van der Waals surface area (Å²) in [5.41, 5.74) is 1.01. The number of benzene rings is 1. The molecule has 0 unspecified atom stereocenters. The number of hydrogen-bond acceptors (Lipinski definition) is 3. The molecule has 0 aliphatic carbocycles. The van der Waals surface area contributed by atoms with Crippen LogP contribution in [-0.2, 0) is 23.9 Å². The number of imidazole rings is 1. The molecule has 5 nitrogen and oxygen atoms in total. The first-order valence-electron chi connectivity index (χ1n) is 8.82. The lowest BCUT2D eigenvalue weighted by Gasteiger charge is -2.10. The van der Waals surface area contributed by atoms with E-state index in [1.807, 2.05) is 30.3 Å². The Morgan fingerprint density at radius 3 is 2.59 bits per heavy atom. The van der Waals surface area contributed by atoms with E-state index >= 15 is 0 Å². The Bertz CT molecular complexity index is 1130. The van der Waals surface area contributed by atoms with Gasteiger partial charge in [-0.25, -0.2) is 4.98 Å². The number of rotatable bonds is 5. The zero-order valence-corrected chi connectivity index (χ0v) is 15.1. The van der Waals surface area contributed by atoms with Crippen molar-refractivity contribution in [2.45, 2.75) is 19.1 Å². The van der Waals surface area contributed by atoms with Crippen molar-refractivity contribution in [1.29, 1.82) is 0 Å². The summed E-state index contributed by atoms with van der Waals surface area (Å²) in [5.74, 6) is -0.233. The van der Waals surface area contributed by atoms with Crippen LogP contribution in [0.25, 0.3) is 16.8 Å². The maximum absolute atomic E-state index is 13.6. The van der Waals surface area contributed by atoms with Crippen molar-refractivity contribution < 1.29 is 22.4 Å². The molecule has 3 aromatic heterocycles. The van der Waals surface area contributed by atoms with Gasteiger partial charge in [0.15, 0.2) is 0 Å². The van der Waals surface area contributed by atoms with E-state index in [9.17, 15) is 18.0 Å². The van der Waals surface area contributed by atoms with Gasteiger partial charge in [-0.05, 0) is 17.7 Å². The molecule has 0 atom stereocenters. The van der Waals surface area contributed by atoms with Crippen molar-refractivity contribution in [2.75, 3.05) is 0 Å². The number of hydrogen-bond donors (Lipinski definition) is 1. The number of carbonyl (C=O) groups excluding carboxylic acids is 1. The van der Waals surface area contributed by atoms with E-state index in [4.69, 9.17) is 4.42 Å². The van der Waals surface area contributed by atoms with E-state index in [1.54, 1.807) is 12.3 Å². The van der Waals surface area contributed by atoms with Crippen LogP contribution in [0.5, 0.6) is 0 Å². The predicted molar refractivity (Wildman–Crippen MR) is 99.9 cm³/mol. The fourth-order valence-corrected chi connectivity index (χ4v) is 3.06. The molecule has 0 spiro atoms. The summed E-state index contributed by atoms with van der Waals surface area (Å²) in [6.45, 7) is 0.0334. The molecule has 29 heavy (non-hydrogen) atoms. The van der Waals surface area contributed by atoms with Gasteiger partial charge in [0.2, 0.25) is 5.91 Å². The fourth-order valence-electron chi connectivity index (χ4n) is 3.06. The van der Waals surface area contributed by atoms with E-state index in [2.05, 4.69) is 10.3 Å². The Morgan fingerprint density at radius 1 is 1.10 bits per heavy atom. The van der Waals surface area contributed by atoms with Crippen LogP contribution in [0.15, 0.2) is 71.8 Å². The molecule has 0 aliphatic rings. The van der Waals surface area contributed by atoms with Crippen molar-refractivity contribution in [1.82, 2.24) is 14.7 Å². The smallest absolute Gasteiger partial charge is 0.420 e. The van der Waals surface area contributed by atoms with Crippen molar-refractivity contribution in [3.63, 3.8) is 0 Å². The second-order valence-corrected chi connectivity index (χ2v) is 6.55. The molecule has 0 bridgehead atoms. The van der Waals surface area contributed by atoms with Gasteiger partial charge in [0, 0.05) is 23.5 Å². The zero-order chi connectivity index (χ0) is 20.4. The number of furan rings is 1. The summed E-state index contributed by atoms with van der Waals surface area (Å²) in [4.78, 5) is 16.2. The number of fused-ring (bicyclic) bond motifs is 1. The second-order valence-electron chi connectivity index (χ2n) is 6.55. The number of nitrogens with one attached hydrogen (secondary N) is 1. The number of pyridine rings is 1. The first-order chi connectivity index (χ1) is 13.9. The predicted octanol–water partition coefficient (Wildman–Crippen LogP) is 4.47. The van der Waals surface area contributed by atoms with Gasteiger partial charge >= 0.3 is 6.18 Å². The number of aromatic nitrogens is 2. The van der Waals surface area contributed by atoms with Crippen LogP contribution >= 0.6 is 0 Å². The minimum atomic E-state index is -4.57. The summed E-state index contributed by atoms with van der Waals surface area (Å²) in [6, 6.07) is 11.8. The summed E-state index contributed by atoms with van der Waals surface area (Å²) < 4.78 is 47.0. The van der Waals surface area contributed by atoms with Gasteiger partial charge in [-0.1, -0.05) is 30.3 Å². The Balaban J connectivity index is 1.59. The molecule has 148 valence electrons. The van der Waals surface area contributed by atoms with Crippen molar-refractivity contribution in [2.24, 2.45) is 0 Å². The summed E-state index contributed by atoms with van der Waals surface area (Å²) in [6.07, 6.45) is 1.43. The van der Waals surface area contributed by atoms with Crippen LogP contribution < -0.4 is 5.32 Å². The normalized spacial score (nSPS) is 11.7. The highest BCUT2D eigenvalue weighted by molar-refractivity contribution is 5.78. The van der Waals surface area contributed by atoms with Gasteiger partial charge in [-0.15, -0.1) is 0 Å². The molecule has 8 heteroatoms. The highest BCUT2D eigenvalue weighted by atomic mass is 19.4. The maximum Gasteiger partial charge on any atom is 0.420 e. The van der Waals surface area contributed by atoms with Gasteiger partial charge in [0.1, 0.15) is 5.65 Å². The van der Waals surface area contributed by atoms with Gasteiger partial charge in [0.05, 0.1) is 36.7 Å². The largest absolute Gasteiger partial charge is 0.472 e. The molecule has 4 rings (SSSR count). The lowest BCUT2D eigenvalue weighted by molar-refractivity contribution is -0.136. The minimum absolute atomic E-state index is 0.0334. The molecule has 1 N–H and O–H groups in total. The van der Waals surface area contributed by atoms with Crippen molar-refractivity contribution in [3.05, 3.63) is 84.2 Å². The molecule has 3 heterocycles. The molecule has 1 aromatic carbocycles. The lowest BCUT2D eigenvalue weighted by Crippen LogP contribution is -2.24. The summed E-state index contributed by atoms with van der Waals surface area (Å²) in [7, 11) is 0. The van der Waals surface area contributed by atoms with Gasteiger partial charge in [0.25, 0.3) is 0 Å². The topological polar surface area (TPSA) is 59.5 Å². The summed E-state index contributed by atoms with van der Waals surface area (Å²) in [5, 5.41) is 2.70. The molecular weight excluding hydrogens is 383 g/mol. The van der Waals surface area contributed by atoms with Crippen LogP contribution in [0.1, 0.15) is 16.8 Å². The average molecular weight is 399 g/mol. The number of nitrogens with zero attached hydrogens (tertiary/aromatic N) is 2. The second kappa shape index (κ2) is 7.46.